The maximum atomic E-state index is 10.6. The van der Waals surface area contributed by atoms with Crippen LogP contribution in [-0.4, -0.2) is 4.92 Å². The normalized spacial score (nSPS) is 10.1. The zero-order chi connectivity index (χ0) is 10.6. The molecule has 1 aromatic rings. The first-order valence-corrected chi connectivity index (χ1v) is 4.96. The summed E-state index contributed by atoms with van der Waals surface area (Å²) >= 11 is 5.90. The highest BCUT2D eigenvalue weighted by molar-refractivity contribution is 6.33. The van der Waals surface area contributed by atoms with Crippen molar-refractivity contribution in [2.75, 3.05) is 0 Å². The molecule has 0 aliphatic rings. The summed E-state index contributed by atoms with van der Waals surface area (Å²) in [6.45, 7) is 2.07. The van der Waals surface area contributed by atoms with Gasteiger partial charge in [-0.25, -0.2) is 0 Å². The highest BCUT2D eigenvalue weighted by atomic mass is 35.5. The number of hydrogen-bond donors (Lipinski definition) is 0. The van der Waals surface area contributed by atoms with Crippen LogP contribution in [-0.2, 0) is 6.42 Å². The average molecular weight is 214 g/mol. The number of aryl methyl sites for hydroxylation is 1. The molecule has 0 amide bonds. The first-order valence-electron chi connectivity index (χ1n) is 4.58. The third kappa shape index (κ3) is 2.45. The summed E-state index contributed by atoms with van der Waals surface area (Å²) in [5.74, 6) is 0. The van der Waals surface area contributed by atoms with Gasteiger partial charge in [-0.15, -0.1) is 0 Å². The van der Waals surface area contributed by atoms with Gasteiger partial charge in [0.1, 0.15) is 5.02 Å². The molecule has 14 heavy (non-hydrogen) atoms. The number of nitrogens with zero attached hydrogens (tertiary/aromatic N) is 1. The Morgan fingerprint density at radius 2 is 2.21 bits per heavy atom. The number of hydrogen-bond acceptors (Lipinski definition) is 2. The lowest BCUT2D eigenvalue weighted by molar-refractivity contribution is -0.384. The molecule has 1 aromatic carbocycles. The third-order valence-corrected chi connectivity index (χ3v) is 2.49. The van der Waals surface area contributed by atoms with E-state index in [1.807, 2.05) is 6.07 Å². The number of halogens is 1. The molecule has 0 saturated carbocycles. The van der Waals surface area contributed by atoms with Gasteiger partial charge in [-0.05, 0) is 18.4 Å². The second kappa shape index (κ2) is 4.96. The van der Waals surface area contributed by atoms with Crippen molar-refractivity contribution in [1.82, 2.24) is 0 Å². The smallest absolute Gasteiger partial charge is 0.258 e. The van der Waals surface area contributed by atoms with Crippen molar-refractivity contribution in [1.29, 1.82) is 0 Å². The van der Waals surface area contributed by atoms with Crippen LogP contribution in [0.2, 0.25) is 5.02 Å². The SMILES string of the molecule is CCCCc1cccc([N+](=O)[O-])c1Cl. The van der Waals surface area contributed by atoms with Crippen molar-refractivity contribution in [2.24, 2.45) is 0 Å². The summed E-state index contributed by atoms with van der Waals surface area (Å²) in [7, 11) is 0. The molecule has 0 aliphatic carbocycles. The van der Waals surface area contributed by atoms with Gasteiger partial charge in [0.05, 0.1) is 4.92 Å². The minimum Gasteiger partial charge on any atom is -0.258 e. The predicted molar refractivity (Wildman–Crippen MR) is 56.7 cm³/mol. The molecule has 0 N–H and O–H groups in total. The topological polar surface area (TPSA) is 43.1 Å². The van der Waals surface area contributed by atoms with Gasteiger partial charge in [-0.1, -0.05) is 37.1 Å². The van der Waals surface area contributed by atoms with E-state index in [9.17, 15) is 10.1 Å². The lowest BCUT2D eigenvalue weighted by Gasteiger charge is -2.02. The van der Waals surface area contributed by atoms with Gasteiger partial charge in [0.25, 0.3) is 5.69 Å². The highest BCUT2D eigenvalue weighted by Crippen LogP contribution is 2.28. The van der Waals surface area contributed by atoms with Crippen LogP contribution in [0.15, 0.2) is 18.2 Å². The fourth-order valence-corrected chi connectivity index (χ4v) is 1.56. The summed E-state index contributed by atoms with van der Waals surface area (Å²) < 4.78 is 0. The molecule has 0 bridgehead atoms. The fourth-order valence-electron chi connectivity index (χ4n) is 1.27. The number of nitro groups is 1. The molecule has 0 saturated heterocycles. The molecule has 0 aromatic heterocycles. The Balaban J connectivity index is 2.95. The second-order valence-corrected chi connectivity index (χ2v) is 3.49. The zero-order valence-corrected chi connectivity index (χ0v) is 8.75. The Hall–Kier alpha value is -1.09. The lowest BCUT2D eigenvalue weighted by Crippen LogP contribution is -1.93. The van der Waals surface area contributed by atoms with Crippen LogP contribution in [0.1, 0.15) is 25.3 Å². The standard InChI is InChI=1S/C10H12ClNO2/c1-2-3-5-8-6-4-7-9(10(8)11)12(13)14/h4,6-7H,2-3,5H2,1H3. The number of benzene rings is 1. The summed E-state index contributed by atoms with van der Waals surface area (Å²) in [6.07, 6.45) is 2.86. The molecule has 4 heteroatoms. The maximum absolute atomic E-state index is 10.6. The first-order chi connectivity index (χ1) is 6.66. The van der Waals surface area contributed by atoms with E-state index in [1.165, 1.54) is 6.07 Å². The zero-order valence-electron chi connectivity index (χ0n) is 8.00. The van der Waals surface area contributed by atoms with E-state index in [-0.39, 0.29) is 10.7 Å². The van der Waals surface area contributed by atoms with Crippen LogP contribution in [0.25, 0.3) is 0 Å². The van der Waals surface area contributed by atoms with Crippen molar-refractivity contribution in [2.45, 2.75) is 26.2 Å². The Morgan fingerprint density at radius 3 is 2.79 bits per heavy atom. The van der Waals surface area contributed by atoms with Crippen molar-refractivity contribution in [3.05, 3.63) is 38.9 Å². The minimum atomic E-state index is -0.447. The Labute approximate surface area is 87.8 Å². The van der Waals surface area contributed by atoms with Crippen molar-refractivity contribution >= 4 is 17.3 Å². The van der Waals surface area contributed by atoms with E-state index in [4.69, 9.17) is 11.6 Å². The van der Waals surface area contributed by atoms with Crippen molar-refractivity contribution < 1.29 is 4.92 Å². The third-order valence-electron chi connectivity index (χ3n) is 2.05. The Kier molecular flexibility index (Phi) is 3.89. The molecule has 0 atom stereocenters. The largest absolute Gasteiger partial charge is 0.288 e. The summed E-state index contributed by atoms with van der Waals surface area (Å²) in [5.41, 5.74) is 0.864. The fraction of sp³-hybridized carbons (Fsp3) is 0.400. The van der Waals surface area contributed by atoms with Crippen LogP contribution < -0.4 is 0 Å². The molecule has 0 heterocycles. The van der Waals surface area contributed by atoms with Crippen LogP contribution >= 0.6 is 11.6 Å². The number of rotatable bonds is 4. The monoisotopic (exact) mass is 213 g/mol. The minimum absolute atomic E-state index is 0.000250. The van der Waals surface area contributed by atoms with E-state index >= 15 is 0 Å². The summed E-state index contributed by atoms with van der Waals surface area (Å²) in [5, 5.41) is 10.9. The van der Waals surface area contributed by atoms with Gasteiger partial charge in [-0.3, -0.25) is 10.1 Å². The first kappa shape index (κ1) is 11.0. The molecule has 0 unspecified atom stereocenters. The Bertz CT molecular complexity index is 339. The van der Waals surface area contributed by atoms with E-state index < -0.39 is 4.92 Å². The van der Waals surface area contributed by atoms with Crippen LogP contribution in [0.5, 0.6) is 0 Å². The van der Waals surface area contributed by atoms with E-state index in [0.717, 1.165) is 24.8 Å². The molecule has 0 fully saturated rings. The molecule has 1 rings (SSSR count). The van der Waals surface area contributed by atoms with Gasteiger partial charge >= 0.3 is 0 Å². The van der Waals surface area contributed by atoms with Crippen LogP contribution in [0.3, 0.4) is 0 Å². The summed E-state index contributed by atoms with van der Waals surface area (Å²) in [4.78, 5) is 10.1. The number of unbranched alkanes of at least 4 members (excludes halogenated alkanes) is 1. The summed E-state index contributed by atoms with van der Waals surface area (Å²) in [6, 6.07) is 4.94. The predicted octanol–water partition coefficient (Wildman–Crippen LogP) is 3.59. The molecule has 0 aliphatic heterocycles. The molecule has 76 valence electrons. The molecule has 3 nitrogen and oxygen atoms in total. The van der Waals surface area contributed by atoms with Gasteiger partial charge < -0.3 is 0 Å². The average Bonchev–Trinajstić information content (AvgIpc) is 2.16. The molecule has 0 radical (unpaired) electrons. The van der Waals surface area contributed by atoms with Crippen molar-refractivity contribution in [3.8, 4) is 0 Å². The van der Waals surface area contributed by atoms with E-state index in [2.05, 4.69) is 6.92 Å². The van der Waals surface area contributed by atoms with E-state index in [1.54, 1.807) is 6.07 Å². The molecular weight excluding hydrogens is 202 g/mol. The van der Waals surface area contributed by atoms with Gasteiger partial charge in [0, 0.05) is 6.07 Å². The highest BCUT2D eigenvalue weighted by Gasteiger charge is 2.14. The Morgan fingerprint density at radius 1 is 1.50 bits per heavy atom. The van der Waals surface area contributed by atoms with Crippen LogP contribution in [0.4, 0.5) is 5.69 Å². The van der Waals surface area contributed by atoms with Gasteiger partial charge in [0.2, 0.25) is 0 Å². The maximum Gasteiger partial charge on any atom is 0.288 e. The van der Waals surface area contributed by atoms with Crippen LogP contribution in [0, 0.1) is 10.1 Å². The van der Waals surface area contributed by atoms with Crippen molar-refractivity contribution in [3.63, 3.8) is 0 Å². The number of nitro benzene ring substituents is 1. The molecular formula is C10H12ClNO2. The second-order valence-electron chi connectivity index (χ2n) is 3.11. The lowest BCUT2D eigenvalue weighted by atomic mass is 10.1. The van der Waals surface area contributed by atoms with E-state index in [0.29, 0.717) is 0 Å². The van der Waals surface area contributed by atoms with Gasteiger partial charge in [-0.2, -0.15) is 0 Å². The van der Waals surface area contributed by atoms with Gasteiger partial charge in [0.15, 0.2) is 0 Å². The molecule has 0 spiro atoms. The quantitative estimate of drug-likeness (QED) is 0.567.